The molecule has 0 N–H and O–H groups in total. The topological polar surface area (TPSA) is 21.1 Å². The number of aromatic nitrogens is 2. The number of hydrogen-bond donors (Lipinski definition) is 0. The van der Waals surface area contributed by atoms with Crippen molar-refractivity contribution in [1.29, 1.82) is 0 Å². The second kappa shape index (κ2) is 4.78. The molecule has 17 heavy (non-hydrogen) atoms. The monoisotopic (exact) mass is 339 g/mol. The van der Waals surface area contributed by atoms with Gasteiger partial charge >= 0.3 is 0 Å². The molecule has 0 saturated carbocycles. The Balaban J connectivity index is 1.69. The van der Waals surface area contributed by atoms with Gasteiger partial charge in [-0.25, -0.2) is 4.98 Å². The van der Waals surface area contributed by atoms with E-state index in [1.54, 1.807) is 0 Å². The Kier molecular flexibility index (Phi) is 3.15. The Hall–Kier alpha value is -0.880. The van der Waals surface area contributed by atoms with Gasteiger partial charge in [0.25, 0.3) is 0 Å². The first-order valence-corrected chi connectivity index (χ1v) is 6.86. The van der Waals surface area contributed by atoms with Crippen LogP contribution in [0.15, 0.2) is 36.7 Å². The molecule has 1 aromatic carbocycles. The highest BCUT2D eigenvalue weighted by atomic mass is 127. The summed E-state index contributed by atoms with van der Waals surface area (Å²) in [6.07, 6.45) is 3.96. The highest BCUT2D eigenvalue weighted by molar-refractivity contribution is 14.1. The summed E-state index contributed by atoms with van der Waals surface area (Å²) in [5.74, 6) is 1.18. The number of imidazole rings is 1. The summed E-state index contributed by atoms with van der Waals surface area (Å²) < 4.78 is 3.53. The van der Waals surface area contributed by atoms with E-state index < -0.39 is 0 Å². The fourth-order valence-electron chi connectivity index (χ4n) is 2.21. The van der Waals surface area contributed by atoms with Crippen LogP contribution in [0.4, 0.5) is 0 Å². The van der Waals surface area contributed by atoms with Crippen molar-refractivity contribution in [2.24, 2.45) is 0 Å². The summed E-state index contributed by atoms with van der Waals surface area (Å²) in [6, 6.07) is 8.76. The Morgan fingerprint density at radius 3 is 2.82 bits per heavy atom. The van der Waals surface area contributed by atoms with Crippen molar-refractivity contribution in [3.63, 3.8) is 0 Å². The van der Waals surface area contributed by atoms with Crippen molar-refractivity contribution in [1.82, 2.24) is 14.5 Å². The highest BCUT2D eigenvalue weighted by Gasteiger charge is 2.16. The van der Waals surface area contributed by atoms with E-state index >= 15 is 0 Å². The fraction of sp³-hybridized carbons (Fsp3) is 0.308. The third-order valence-electron chi connectivity index (χ3n) is 3.14. The van der Waals surface area contributed by atoms with Gasteiger partial charge in [0.1, 0.15) is 5.82 Å². The molecule has 0 saturated heterocycles. The average molecular weight is 339 g/mol. The molecule has 0 aliphatic carbocycles. The summed E-state index contributed by atoms with van der Waals surface area (Å²) in [7, 11) is 0. The van der Waals surface area contributed by atoms with Gasteiger partial charge in [0.2, 0.25) is 0 Å². The Morgan fingerprint density at radius 1 is 1.18 bits per heavy atom. The average Bonchev–Trinajstić information content (AvgIpc) is 2.79. The molecule has 3 rings (SSSR count). The predicted octanol–water partition coefficient (Wildman–Crippen LogP) is 2.50. The van der Waals surface area contributed by atoms with E-state index in [4.69, 9.17) is 0 Å². The molecular formula is C13H14IN3. The van der Waals surface area contributed by atoms with Gasteiger partial charge in [-0.05, 0) is 40.3 Å². The summed E-state index contributed by atoms with van der Waals surface area (Å²) in [6.45, 7) is 4.14. The van der Waals surface area contributed by atoms with Crippen molar-refractivity contribution < 1.29 is 0 Å². The number of nitrogens with zero attached hydrogens (tertiary/aromatic N) is 3. The van der Waals surface area contributed by atoms with Crippen molar-refractivity contribution >= 4 is 22.6 Å². The molecule has 0 fully saturated rings. The van der Waals surface area contributed by atoms with Crippen LogP contribution in [0.2, 0.25) is 0 Å². The second-order valence-corrected chi connectivity index (χ2v) is 5.62. The lowest BCUT2D eigenvalue weighted by Gasteiger charge is -2.27. The molecular weight excluding hydrogens is 325 g/mol. The van der Waals surface area contributed by atoms with Crippen LogP contribution in [0.3, 0.4) is 0 Å². The number of fused-ring (bicyclic) bond motifs is 1. The van der Waals surface area contributed by atoms with Crippen LogP contribution < -0.4 is 0 Å². The smallest absolute Gasteiger partial charge is 0.122 e. The SMILES string of the molecule is Ic1ccc(CN2CCn3ccnc3C2)cc1. The molecule has 0 bridgehead atoms. The third-order valence-corrected chi connectivity index (χ3v) is 3.86. The van der Waals surface area contributed by atoms with E-state index in [1.165, 1.54) is 15.0 Å². The standard InChI is InChI=1S/C13H14IN3/c14-12-3-1-11(2-4-12)9-16-7-8-17-6-5-15-13(17)10-16/h1-6H,7-10H2. The minimum atomic E-state index is 0.957. The van der Waals surface area contributed by atoms with Gasteiger partial charge in [-0.1, -0.05) is 12.1 Å². The number of hydrogen-bond acceptors (Lipinski definition) is 2. The van der Waals surface area contributed by atoms with E-state index in [0.717, 1.165) is 26.2 Å². The van der Waals surface area contributed by atoms with E-state index in [-0.39, 0.29) is 0 Å². The van der Waals surface area contributed by atoms with Crippen LogP contribution in [0.5, 0.6) is 0 Å². The van der Waals surface area contributed by atoms with Gasteiger partial charge in [0.05, 0.1) is 6.54 Å². The first kappa shape index (κ1) is 11.2. The summed E-state index contributed by atoms with van der Waals surface area (Å²) in [5, 5.41) is 0. The molecule has 2 aromatic rings. The lowest BCUT2D eigenvalue weighted by atomic mass is 10.2. The number of rotatable bonds is 2. The quantitative estimate of drug-likeness (QED) is 0.784. The number of benzene rings is 1. The first-order chi connectivity index (χ1) is 8.31. The van der Waals surface area contributed by atoms with Gasteiger partial charge in [-0.2, -0.15) is 0 Å². The molecule has 0 unspecified atom stereocenters. The zero-order valence-electron chi connectivity index (χ0n) is 9.51. The predicted molar refractivity (Wildman–Crippen MR) is 75.5 cm³/mol. The minimum Gasteiger partial charge on any atom is -0.333 e. The molecule has 1 aromatic heterocycles. The lowest BCUT2D eigenvalue weighted by Crippen LogP contribution is -2.33. The van der Waals surface area contributed by atoms with Gasteiger partial charge in [0.15, 0.2) is 0 Å². The molecule has 0 amide bonds. The van der Waals surface area contributed by atoms with Crippen LogP contribution in [0.25, 0.3) is 0 Å². The van der Waals surface area contributed by atoms with Crippen molar-refractivity contribution in [2.75, 3.05) is 6.54 Å². The molecule has 4 heteroatoms. The maximum Gasteiger partial charge on any atom is 0.122 e. The summed E-state index contributed by atoms with van der Waals surface area (Å²) in [4.78, 5) is 6.83. The van der Waals surface area contributed by atoms with Crippen LogP contribution in [0.1, 0.15) is 11.4 Å². The fourth-order valence-corrected chi connectivity index (χ4v) is 2.57. The van der Waals surface area contributed by atoms with Crippen LogP contribution in [0, 0.1) is 3.57 Å². The second-order valence-electron chi connectivity index (χ2n) is 4.37. The van der Waals surface area contributed by atoms with Gasteiger partial charge in [0, 0.05) is 35.6 Å². The summed E-state index contributed by atoms with van der Waals surface area (Å²) >= 11 is 2.34. The molecule has 88 valence electrons. The lowest BCUT2D eigenvalue weighted by molar-refractivity contribution is 0.209. The maximum absolute atomic E-state index is 4.38. The largest absolute Gasteiger partial charge is 0.333 e. The van der Waals surface area contributed by atoms with E-state index in [9.17, 15) is 0 Å². The molecule has 0 radical (unpaired) electrons. The summed E-state index contributed by atoms with van der Waals surface area (Å²) in [5.41, 5.74) is 1.38. The number of halogens is 1. The van der Waals surface area contributed by atoms with Gasteiger partial charge in [-0.3, -0.25) is 4.90 Å². The van der Waals surface area contributed by atoms with Crippen LogP contribution in [-0.2, 0) is 19.6 Å². The molecule has 1 aliphatic rings. The third kappa shape index (κ3) is 2.52. The van der Waals surface area contributed by atoms with Gasteiger partial charge < -0.3 is 4.57 Å². The minimum absolute atomic E-state index is 0.957. The zero-order chi connectivity index (χ0) is 11.7. The van der Waals surface area contributed by atoms with Crippen molar-refractivity contribution in [2.45, 2.75) is 19.6 Å². The molecule has 2 heterocycles. The Morgan fingerprint density at radius 2 is 2.00 bits per heavy atom. The van der Waals surface area contributed by atoms with E-state index in [2.05, 4.69) is 67.5 Å². The molecule has 0 atom stereocenters. The van der Waals surface area contributed by atoms with E-state index in [1.807, 2.05) is 6.20 Å². The molecule has 1 aliphatic heterocycles. The highest BCUT2D eigenvalue weighted by Crippen LogP contribution is 2.14. The normalized spacial score (nSPS) is 15.8. The van der Waals surface area contributed by atoms with Gasteiger partial charge in [-0.15, -0.1) is 0 Å². The molecule has 3 nitrogen and oxygen atoms in total. The maximum atomic E-state index is 4.38. The van der Waals surface area contributed by atoms with Crippen LogP contribution in [-0.4, -0.2) is 21.0 Å². The van der Waals surface area contributed by atoms with Crippen molar-refractivity contribution in [3.05, 3.63) is 51.6 Å². The van der Waals surface area contributed by atoms with E-state index in [0.29, 0.717) is 0 Å². The van der Waals surface area contributed by atoms with Crippen molar-refractivity contribution in [3.8, 4) is 0 Å². The Bertz CT molecular complexity index is 504. The molecule has 0 spiro atoms. The first-order valence-electron chi connectivity index (χ1n) is 5.78. The van der Waals surface area contributed by atoms with Crippen LogP contribution >= 0.6 is 22.6 Å². The Labute approximate surface area is 115 Å². The zero-order valence-corrected chi connectivity index (χ0v) is 11.7.